The monoisotopic (exact) mass is 329 g/mol. The van der Waals surface area contributed by atoms with Crippen LogP contribution in [0.15, 0.2) is 18.2 Å². The topological polar surface area (TPSA) is 52.5 Å². The van der Waals surface area contributed by atoms with Crippen LogP contribution < -0.4 is 5.32 Å². The van der Waals surface area contributed by atoms with Gasteiger partial charge in [-0.1, -0.05) is 26.8 Å². The van der Waals surface area contributed by atoms with E-state index in [9.17, 15) is 10.2 Å². The quantitative estimate of drug-likeness (QED) is 0.777. The zero-order chi connectivity index (χ0) is 17.1. The number of phenols is 1. The lowest BCUT2D eigenvalue weighted by Crippen LogP contribution is -2.52. The number of aromatic hydroxyl groups is 1. The van der Waals surface area contributed by atoms with E-state index < -0.39 is 0 Å². The zero-order valence-electron chi connectivity index (χ0n) is 15.1. The number of rotatable bonds is 2. The Morgan fingerprint density at radius 1 is 1.25 bits per heavy atom. The highest BCUT2D eigenvalue weighted by Gasteiger charge is 2.57. The van der Waals surface area contributed by atoms with Gasteiger partial charge in [-0.2, -0.15) is 0 Å². The second-order valence-electron chi connectivity index (χ2n) is 8.95. The van der Waals surface area contributed by atoms with Crippen molar-refractivity contribution >= 4 is 0 Å². The van der Waals surface area contributed by atoms with Gasteiger partial charge in [-0.25, -0.2) is 0 Å². The van der Waals surface area contributed by atoms with Crippen molar-refractivity contribution in [1.29, 1.82) is 0 Å². The Morgan fingerprint density at radius 2 is 2.04 bits per heavy atom. The van der Waals surface area contributed by atoms with Gasteiger partial charge in [0.25, 0.3) is 0 Å². The largest absolute Gasteiger partial charge is 0.508 e. The van der Waals surface area contributed by atoms with Crippen LogP contribution in [0, 0.1) is 17.3 Å². The number of nitrogens with one attached hydrogen (secondary N) is 1. The number of aliphatic hydroxyl groups is 1. The van der Waals surface area contributed by atoms with E-state index in [2.05, 4.69) is 32.2 Å². The molecule has 3 nitrogen and oxygen atoms in total. The summed E-state index contributed by atoms with van der Waals surface area (Å²) >= 11 is 0. The summed E-state index contributed by atoms with van der Waals surface area (Å²) in [5.74, 6) is 2.28. The molecule has 0 aliphatic heterocycles. The van der Waals surface area contributed by atoms with Crippen LogP contribution in [0.25, 0.3) is 0 Å². The maximum absolute atomic E-state index is 10.8. The first kappa shape index (κ1) is 16.4. The Bertz CT molecular complexity index is 628. The number of hydrogen-bond donors (Lipinski definition) is 3. The maximum Gasteiger partial charge on any atom is 0.115 e. The van der Waals surface area contributed by atoms with Gasteiger partial charge in [-0.15, -0.1) is 0 Å². The first-order valence-electron chi connectivity index (χ1n) is 9.66. The Hall–Kier alpha value is -1.06. The Labute approximate surface area is 145 Å². The summed E-state index contributed by atoms with van der Waals surface area (Å²) in [5, 5.41) is 24.2. The van der Waals surface area contributed by atoms with Gasteiger partial charge in [0.05, 0.1) is 6.10 Å². The average molecular weight is 329 g/mol. The Kier molecular flexibility index (Phi) is 3.92. The number of aliphatic hydroxyl groups excluding tert-OH is 1. The highest BCUT2D eigenvalue weighted by molar-refractivity contribution is 5.40. The first-order chi connectivity index (χ1) is 11.4. The minimum atomic E-state index is -0.220. The fraction of sp³-hybridized carbons (Fsp3) is 0.714. The molecular formula is C21H31NO2. The van der Waals surface area contributed by atoms with E-state index in [1.807, 2.05) is 12.1 Å². The minimum absolute atomic E-state index is 0.208. The summed E-state index contributed by atoms with van der Waals surface area (Å²) in [5.41, 5.74) is 3.01. The third-order valence-electron chi connectivity index (χ3n) is 7.25. The predicted molar refractivity (Wildman–Crippen MR) is 96.2 cm³/mol. The molecule has 1 aromatic rings. The SMILES string of the molecule is CC(C)N[C@H]1[C@H](O)C[C@H]2[C@@H]3CCc4cc(O)ccc4[C@H]3CC[C@@]21C. The number of phenolic OH excluding ortho intramolecular Hbond substituents is 1. The molecule has 0 spiro atoms. The molecule has 2 fully saturated rings. The Balaban J connectivity index is 1.65. The molecule has 3 aliphatic rings. The van der Waals surface area contributed by atoms with E-state index in [1.54, 1.807) is 0 Å². The summed E-state index contributed by atoms with van der Waals surface area (Å²) in [6.07, 6.45) is 5.37. The standard InChI is InChI=1S/C21H31NO2/c1-12(2)22-20-19(24)11-18-17-6-4-13-10-14(23)5-7-15(13)16(17)8-9-21(18,20)3/h5,7,10,12,16-20,22-24H,4,6,8-9,11H2,1-3H3/t16-,17-,18+,19-,20+,21+/m1/s1. The van der Waals surface area contributed by atoms with Crippen molar-refractivity contribution in [3.63, 3.8) is 0 Å². The molecular weight excluding hydrogens is 298 g/mol. The van der Waals surface area contributed by atoms with Gasteiger partial charge in [0.2, 0.25) is 0 Å². The van der Waals surface area contributed by atoms with Gasteiger partial charge in [0, 0.05) is 12.1 Å². The molecule has 3 N–H and O–H groups in total. The van der Waals surface area contributed by atoms with E-state index >= 15 is 0 Å². The highest BCUT2D eigenvalue weighted by atomic mass is 16.3. The van der Waals surface area contributed by atoms with Crippen molar-refractivity contribution in [2.24, 2.45) is 17.3 Å². The molecule has 2 saturated carbocycles. The lowest BCUT2D eigenvalue weighted by molar-refractivity contribution is 0.0331. The van der Waals surface area contributed by atoms with E-state index in [1.165, 1.54) is 30.4 Å². The minimum Gasteiger partial charge on any atom is -0.508 e. The van der Waals surface area contributed by atoms with Crippen molar-refractivity contribution in [3.8, 4) is 5.75 Å². The summed E-state index contributed by atoms with van der Waals surface area (Å²) in [4.78, 5) is 0. The summed E-state index contributed by atoms with van der Waals surface area (Å²) in [6.45, 7) is 6.77. The van der Waals surface area contributed by atoms with Crippen molar-refractivity contribution in [2.45, 2.75) is 77.0 Å². The molecule has 0 bridgehead atoms. The molecule has 0 aromatic heterocycles. The molecule has 4 rings (SSSR count). The molecule has 24 heavy (non-hydrogen) atoms. The molecule has 0 radical (unpaired) electrons. The third kappa shape index (κ3) is 2.40. The average Bonchev–Trinajstić information content (AvgIpc) is 2.78. The molecule has 6 atom stereocenters. The summed E-state index contributed by atoms with van der Waals surface area (Å²) in [6, 6.07) is 6.60. The van der Waals surface area contributed by atoms with Crippen LogP contribution in [0.5, 0.6) is 5.75 Å². The first-order valence-corrected chi connectivity index (χ1v) is 9.66. The predicted octanol–water partition coefficient (Wildman–Crippen LogP) is 3.59. The molecule has 0 amide bonds. The normalized spacial score (nSPS) is 41.0. The van der Waals surface area contributed by atoms with E-state index in [0.29, 0.717) is 29.5 Å². The fourth-order valence-electron chi connectivity index (χ4n) is 6.24. The van der Waals surface area contributed by atoms with Gasteiger partial charge in [-0.3, -0.25) is 0 Å². The molecule has 0 heterocycles. The molecule has 132 valence electrons. The second kappa shape index (κ2) is 5.74. The van der Waals surface area contributed by atoms with Gasteiger partial charge >= 0.3 is 0 Å². The van der Waals surface area contributed by atoms with Crippen LogP contribution in [-0.4, -0.2) is 28.4 Å². The fourth-order valence-corrected chi connectivity index (χ4v) is 6.24. The highest BCUT2D eigenvalue weighted by Crippen LogP contribution is 2.61. The Morgan fingerprint density at radius 3 is 2.79 bits per heavy atom. The van der Waals surface area contributed by atoms with Crippen LogP contribution >= 0.6 is 0 Å². The van der Waals surface area contributed by atoms with Gasteiger partial charge < -0.3 is 15.5 Å². The van der Waals surface area contributed by atoms with Gasteiger partial charge in [0.15, 0.2) is 0 Å². The van der Waals surface area contributed by atoms with Crippen molar-refractivity contribution in [1.82, 2.24) is 5.32 Å². The summed E-state index contributed by atoms with van der Waals surface area (Å²) < 4.78 is 0. The van der Waals surface area contributed by atoms with Gasteiger partial charge in [-0.05, 0) is 78.5 Å². The third-order valence-corrected chi connectivity index (χ3v) is 7.25. The molecule has 0 unspecified atom stereocenters. The molecule has 0 saturated heterocycles. The number of hydrogen-bond acceptors (Lipinski definition) is 3. The van der Waals surface area contributed by atoms with Crippen LogP contribution in [0.2, 0.25) is 0 Å². The van der Waals surface area contributed by atoms with Crippen molar-refractivity contribution in [2.75, 3.05) is 0 Å². The summed E-state index contributed by atoms with van der Waals surface area (Å²) in [7, 11) is 0. The van der Waals surface area contributed by atoms with E-state index in [0.717, 1.165) is 12.8 Å². The number of benzene rings is 1. The van der Waals surface area contributed by atoms with Crippen LogP contribution in [0.4, 0.5) is 0 Å². The van der Waals surface area contributed by atoms with Crippen molar-refractivity contribution < 1.29 is 10.2 Å². The molecule has 3 aliphatic carbocycles. The number of fused-ring (bicyclic) bond motifs is 5. The maximum atomic E-state index is 10.8. The van der Waals surface area contributed by atoms with Crippen LogP contribution in [0.1, 0.15) is 63.5 Å². The smallest absolute Gasteiger partial charge is 0.115 e. The number of aryl methyl sites for hydroxylation is 1. The van der Waals surface area contributed by atoms with E-state index in [4.69, 9.17) is 0 Å². The molecule has 1 aromatic carbocycles. The lowest BCUT2D eigenvalue weighted by Gasteiger charge is -2.51. The molecule has 3 heteroatoms. The van der Waals surface area contributed by atoms with Crippen LogP contribution in [-0.2, 0) is 6.42 Å². The van der Waals surface area contributed by atoms with Crippen LogP contribution in [0.3, 0.4) is 0 Å². The van der Waals surface area contributed by atoms with E-state index in [-0.39, 0.29) is 17.6 Å². The van der Waals surface area contributed by atoms with Gasteiger partial charge in [0.1, 0.15) is 5.75 Å². The zero-order valence-corrected chi connectivity index (χ0v) is 15.1. The van der Waals surface area contributed by atoms with Crippen molar-refractivity contribution in [3.05, 3.63) is 29.3 Å². The second-order valence-corrected chi connectivity index (χ2v) is 8.95. The lowest BCUT2D eigenvalue weighted by atomic mass is 9.55.